The quantitative estimate of drug-likeness (QED) is 0.724. The number of hydrogen-bond donors (Lipinski definition) is 0. The van der Waals surface area contributed by atoms with E-state index in [2.05, 4.69) is 9.97 Å². The first kappa shape index (κ1) is 13.2. The van der Waals surface area contributed by atoms with E-state index in [4.69, 9.17) is 4.74 Å². The van der Waals surface area contributed by atoms with Gasteiger partial charge in [-0.3, -0.25) is 9.20 Å². The lowest BCUT2D eigenvalue weighted by molar-refractivity contribution is 0.369. The number of nitrogens with zero attached hydrogens (tertiary/aromatic N) is 3. The molecule has 3 aromatic heterocycles. The molecule has 3 aromatic rings. The van der Waals surface area contributed by atoms with E-state index in [9.17, 15) is 13.6 Å². The molecule has 0 aliphatic carbocycles. The van der Waals surface area contributed by atoms with Crippen molar-refractivity contribution in [2.75, 3.05) is 7.11 Å². The molecule has 21 heavy (non-hydrogen) atoms. The van der Waals surface area contributed by atoms with E-state index in [1.165, 1.54) is 37.6 Å². The highest BCUT2D eigenvalue weighted by Gasteiger charge is 2.10. The molecule has 3 rings (SSSR count). The summed E-state index contributed by atoms with van der Waals surface area (Å²) in [5.41, 5.74) is 0.374. The molecular formula is C14H9F2N3O2. The zero-order chi connectivity index (χ0) is 15.0. The monoisotopic (exact) mass is 289 g/mol. The summed E-state index contributed by atoms with van der Waals surface area (Å²) in [7, 11) is 1.31. The van der Waals surface area contributed by atoms with Gasteiger partial charge in [-0.1, -0.05) is 0 Å². The van der Waals surface area contributed by atoms with Crippen molar-refractivity contribution >= 4 is 5.65 Å². The van der Waals surface area contributed by atoms with E-state index >= 15 is 0 Å². The summed E-state index contributed by atoms with van der Waals surface area (Å²) in [4.78, 5) is 19.9. The molecule has 0 saturated heterocycles. The van der Waals surface area contributed by atoms with Gasteiger partial charge in [0.25, 0.3) is 5.56 Å². The van der Waals surface area contributed by atoms with Crippen LogP contribution >= 0.6 is 0 Å². The van der Waals surface area contributed by atoms with Gasteiger partial charge < -0.3 is 4.74 Å². The van der Waals surface area contributed by atoms with Crippen molar-refractivity contribution in [1.82, 2.24) is 14.4 Å². The number of hydrogen-bond acceptors (Lipinski definition) is 4. The summed E-state index contributed by atoms with van der Waals surface area (Å²) >= 11 is 0. The van der Waals surface area contributed by atoms with Crippen molar-refractivity contribution in [3.63, 3.8) is 0 Å². The van der Waals surface area contributed by atoms with Gasteiger partial charge in [0.2, 0.25) is 5.88 Å². The van der Waals surface area contributed by atoms with Crippen molar-refractivity contribution in [3.8, 4) is 17.1 Å². The van der Waals surface area contributed by atoms with Crippen molar-refractivity contribution in [2.45, 2.75) is 0 Å². The van der Waals surface area contributed by atoms with Crippen LogP contribution in [-0.4, -0.2) is 21.5 Å². The van der Waals surface area contributed by atoms with Crippen LogP contribution in [0.15, 0.2) is 41.5 Å². The van der Waals surface area contributed by atoms with E-state index in [1.54, 1.807) is 0 Å². The minimum absolute atomic E-state index is 0.140. The molecule has 0 fully saturated rings. The predicted octanol–water partition coefficient (Wildman–Crippen LogP) is 2.04. The number of aromatic nitrogens is 3. The third kappa shape index (κ3) is 2.33. The van der Waals surface area contributed by atoms with Gasteiger partial charge in [-0.2, -0.15) is 0 Å². The second-order valence-electron chi connectivity index (χ2n) is 4.27. The average molecular weight is 289 g/mol. The Labute approximate surface area is 117 Å². The van der Waals surface area contributed by atoms with Crippen LogP contribution in [0.2, 0.25) is 0 Å². The molecule has 0 radical (unpaired) electrons. The van der Waals surface area contributed by atoms with Crippen LogP contribution in [0.5, 0.6) is 5.88 Å². The van der Waals surface area contributed by atoms with Crippen molar-refractivity contribution in [1.29, 1.82) is 0 Å². The molecule has 0 spiro atoms. The second-order valence-corrected chi connectivity index (χ2v) is 4.27. The highest BCUT2D eigenvalue weighted by molar-refractivity contribution is 5.61. The molecule has 0 N–H and O–H groups in total. The Hall–Kier alpha value is -2.83. The van der Waals surface area contributed by atoms with E-state index < -0.39 is 17.2 Å². The molecule has 0 atom stereocenters. The fourth-order valence-electron chi connectivity index (χ4n) is 1.94. The second kappa shape index (κ2) is 4.93. The van der Waals surface area contributed by atoms with E-state index in [1.807, 2.05) is 0 Å². The van der Waals surface area contributed by atoms with Gasteiger partial charge in [-0.25, -0.2) is 18.7 Å². The summed E-state index contributed by atoms with van der Waals surface area (Å²) < 4.78 is 32.6. The summed E-state index contributed by atoms with van der Waals surface area (Å²) in [6, 6.07) is 4.93. The summed E-state index contributed by atoms with van der Waals surface area (Å²) in [5.74, 6) is -1.34. The maximum Gasteiger partial charge on any atom is 0.258 e. The largest absolute Gasteiger partial charge is 0.479 e. The van der Waals surface area contributed by atoms with Gasteiger partial charge in [-0.15, -0.1) is 0 Å². The van der Waals surface area contributed by atoms with E-state index in [0.717, 1.165) is 10.6 Å². The van der Waals surface area contributed by atoms with Gasteiger partial charge in [0.05, 0.1) is 12.8 Å². The van der Waals surface area contributed by atoms with Crippen molar-refractivity contribution < 1.29 is 13.5 Å². The molecule has 0 saturated carbocycles. The van der Waals surface area contributed by atoms with Crippen LogP contribution in [0.4, 0.5) is 8.78 Å². The lowest BCUT2D eigenvalue weighted by Crippen LogP contribution is -2.14. The number of fused-ring (bicyclic) bond motifs is 1. The normalized spacial score (nSPS) is 10.8. The highest BCUT2D eigenvalue weighted by atomic mass is 19.1. The highest BCUT2D eigenvalue weighted by Crippen LogP contribution is 2.21. The summed E-state index contributed by atoms with van der Waals surface area (Å²) in [6.45, 7) is 0. The first-order valence-corrected chi connectivity index (χ1v) is 5.97. The van der Waals surface area contributed by atoms with Gasteiger partial charge in [-0.05, 0) is 18.2 Å². The van der Waals surface area contributed by atoms with Crippen LogP contribution in [0.1, 0.15) is 0 Å². The number of halogens is 2. The molecule has 3 heterocycles. The van der Waals surface area contributed by atoms with Crippen molar-refractivity contribution in [3.05, 3.63) is 58.6 Å². The molecule has 106 valence electrons. The molecule has 0 amide bonds. The van der Waals surface area contributed by atoms with Crippen LogP contribution in [0.25, 0.3) is 16.9 Å². The first-order chi connectivity index (χ1) is 10.1. The third-order valence-corrected chi connectivity index (χ3v) is 2.92. The first-order valence-electron chi connectivity index (χ1n) is 5.97. The fraction of sp³-hybridized carbons (Fsp3) is 0.0714. The van der Waals surface area contributed by atoms with E-state index in [0.29, 0.717) is 5.56 Å². The topological polar surface area (TPSA) is 56.5 Å². The van der Waals surface area contributed by atoms with Crippen molar-refractivity contribution in [2.24, 2.45) is 0 Å². The number of ether oxygens (including phenoxy) is 1. The van der Waals surface area contributed by atoms with Gasteiger partial charge in [0.15, 0.2) is 5.82 Å². The Morgan fingerprint density at radius 2 is 2.05 bits per heavy atom. The maximum atomic E-state index is 13.7. The average Bonchev–Trinajstić information content (AvgIpc) is 2.47. The Morgan fingerprint density at radius 1 is 1.24 bits per heavy atom. The molecule has 0 aromatic carbocycles. The summed E-state index contributed by atoms with van der Waals surface area (Å²) in [6.07, 6.45) is 2.39. The zero-order valence-corrected chi connectivity index (χ0v) is 10.9. The molecular weight excluding hydrogens is 280 g/mol. The Kier molecular flexibility index (Phi) is 3.09. The number of rotatable bonds is 2. The number of methoxy groups -OCH3 is 1. The van der Waals surface area contributed by atoms with Crippen LogP contribution in [0.3, 0.4) is 0 Å². The minimum atomic E-state index is -0.656. The molecule has 0 unspecified atom stereocenters. The molecule has 0 aliphatic heterocycles. The molecule has 7 heteroatoms. The van der Waals surface area contributed by atoms with Gasteiger partial charge >= 0.3 is 0 Å². The van der Waals surface area contributed by atoms with Crippen LogP contribution < -0.4 is 10.3 Å². The number of pyridine rings is 2. The zero-order valence-electron chi connectivity index (χ0n) is 10.9. The van der Waals surface area contributed by atoms with Crippen LogP contribution in [-0.2, 0) is 0 Å². The smallest absolute Gasteiger partial charge is 0.258 e. The predicted molar refractivity (Wildman–Crippen MR) is 71.2 cm³/mol. The van der Waals surface area contributed by atoms with Crippen LogP contribution in [0, 0.1) is 11.6 Å². The Bertz CT molecular complexity index is 893. The molecule has 5 nitrogen and oxygen atoms in total. The molecule has 0 aliphatic rings. The fourth-order valence-corrected chi connectivity index (χ4v) is 1.94. The Morgan fingerprint density at radius 3 is 2.76 bits per heavy atom. The third-order valence-electron chi connectivity index (χ3n) is 2.92. The molecule has 0 bridgehead atoms. The Balaban J connectivity index is 2.19. The lowest BCUT2D eigenvalue weighted by atomic mass is 10.2. The van der Waals surface area contributed by atoms with E-state index in [-0.39, 0.29) is 17.2 Å². The lowest BCUT2D eigenvalue weighted by Gasteiger charge is -2.06. The van der Waals surface area contributed by atoms with Gasteiger partial charge in [0, 0.05) is 24.0 Å². The van der Waals surface area contributed by atoms with Gasteiger partial charge in [0.1, 0.15) is 11.5 Å². The summed E-state index contributed by atoms with van der Waals surface area (Å²) in [5, 5.41) is 0. The maximum absolute atomic E-state index is 13.7. The standard InChI is InChI=1S/C14H9F2N3O2/c1-21-14-10(16)4-8(6-17-14)11-5-13(20)19-7-9(15)2-3-12(19)18-11/h2-7H,1H3. The SMILES string of the molecule is COc1ncc(-c2cc(=O)n3cc(F)ccc3n2)cc1F. The minimum Gasteiger partial charge on any atom is -0.479 e.